The average Bonchev–Trinajstić information content (AvgIpc) is 2.75. The van der Waals surface area contributed by atoms with Crippen molar-refractivity contribution in [3.05, 3.63) is 60.2 Å². The first kappa shape index (κ1) is 23.4. The molecule has 1 amide bonds. The second-order valence-corrected chi connectivity index (χ2v) is 8.73. The molecule has 0 saturated heterocycles. The first-order valence-corrected chi connectivity index (χ1v) is 10.9. The number of hydrogen-bond acceptors (Lipinski definition) is 6. The third-order valence-corrected chi connectivity index (χ3v) is 6.27. The first-order valence-electron chi connectivity index (χ1n) is 9.41. The van der Waals surface area contributed by atoms with Crippen molar-refractivity contribution >= 4 is 21.9 Å². The summed E-state index contributed by atoms with van der Waals surface area (Å²) >= 11 is 0. The van der Waals surface area contributed by atoms with Crippen LogP contribution in [0.2, 0.25) is 0 Å². The Hall–Kier alpha value is -2.91. The number of rotatable bonds is 10. The maximum atomic E-state index is 12.6. The molecule has 0 aliphatic carbocycles. The highest BCUT2D eigenvalue weighted by atomic mass is 32.2. The minimum atomic E-state index is -3.73. The Kier molecular flexibility index (Phi) is 8.37. The van der Waals surface area contributed by atoms with Crippen LogP contribution in [0.25, 0.3) is 0 Å². The zero-order valence-electron chi connectivity index (χ0n) is 17.2. The van der Waals surface area contributed by atoms with E-state index in [0.29, 0.717) is 5.75 Å². The summed E-state index contributed by atoms with van der Waals surface area (Å²) in [4.78, 5) is 24.0. The van der Waals surface area contributed by atoms with Crippen LogP contribution in [0.3, 0.4) is 0 Å². The molecule has 0 radical (unpaired) electrons. The van der Waals surface area contributed by atoms with Crippen molar-refractivity contribution in [2.45, 2.75) is 24.8 Å². The fourth-order valence-electron chi connectivity index (χ4n) is 2.37. The fourth-order valence-corrected chi connectivity index (χ4v) is 3.78. The molecule has 0 heterocycles. The van der Waals surface area contributed by atoms with Crippen LogP contribution in [0.4, 0.5) is 0 Å². The molecule has 0 bridgehead atoms. The van der Waals surface area contributed by atoms with E-state index in [2.05, 4.69) is 5.32 Å². The van der Waals surface area contributed by atoms with Crippen LogP contribution >= 0.6 is 0 Å². The summed E-state index contributed by atoms with van der Waals surface area (Å²) in [5.41, 5.74) is 0.0495. The summed E-state index contributed by atoms with van der Waals surface area (Å²) in [6.45, 7) is 3.54. The lowest BCUT2D eigenvalue weighted by molar-refractivity contribution is -0.124. The zero-order valence-corrected chi connectivity index (χ0v) is 18.0. The Morgan fingerprint density at radius 2 is 1.77 bits per heavy atom. The molecule has 0 aliphatic rings. The highest BCUT2D eigenvalue weighted by Gasteiger charge is 2.24. The number of ether oxygens (including phenoxy) is 2. The number of amides is 1. The van der Waals surface area contributed by atoms with Gasteiger partial charge in [0.25, 0.3) is 5.91 Å². The summed E-state index contributed by atoms with van der Waals surface area (Å²) < 4.78 is 36.8. The molecule has 2 rings (SSSR count). The quantitative estimate of drug-likeness (QED) is 0.454. The predicted octanol–water partition coefficient (Wildman–Crippen LogP) is 2.07. The summed E-state index contributed by atoms with van der Waals surface area (Å²) in [5, 5.41) is 2.58. The van der Waals surface area contributed by atoms with Crippen molar-refractivity contribution in [1.82, 2.24) is 9.62 Å². The van der Waals surface area contributed by atoms with E-state index in [1.54, 1.807) is 26.0 Å². The standard InChI is InChI=1S/C21H26N2O6S/c1-16(2)23(3)30(26,27)19-11-7-8-17(14-19)21(25)29-15-20(24)22-12-13-28-18-9-5-4-6-10-18/h4-11,14,16H,12-13,15H2,1-3H3,(H,22,24). The normalized spacial score (nSPS) is 11.4. The number of sulfonamides is 1. The molecule has 0 spiro atoms. The largest absolute Gasteiger partial charge is 0.492 e. The van der Waals surface area contributed by atoms with E-state index in [0.717, 1.165) is 0 Å². The van der Waals surface area contributed by atoms with Crippen LogP contribution in [0.5, 0.6) is 5.75 Å². The minimum absolute atomic E-state index is 0.0179. The van der Waals surface area contributed by atoms with Gasteiger partial charge in [-0.1, -0.05) is 24.3 Å². The van der Waals surface area contributed by atoms with Gasteiger partial charge in [0.05, 0.1) is 17.0 Å². The van der Waals surface area contributed by atoms with E-state index in [1.807, 2.05) is 18.2 Å². The van der Waals surface area contributed by atoms with Gasteiger partial charge in [0.2, 0.25) is 10.0 Å². The second-order valence-electron chi connectivity index (χ2n) is 6.73. The van der Waals surface area contributed by atoms with Crippen molar-refractivity contribution in [3.8, 4) is 5.75 Å². The lowest BCUT2D eigenvalue weighted by atomic mass is 10.2. The molecule has 0 fully saturated rings. The van der Waals surface area contributed by atoms with E-state index >= 15 is 0 Å². The summed E-state index contributed by atoms with van der Waals surface area (Å²) in [6.07, 6.45) is 0. The van der Waals surface area contributed by atoms with Crippen LogP contribution in [-0.2, 0) is 19.6 Å². The third kappa shape index (κ3) is 6.57. The number of para-hydroxylation sites is 1. The monoisotopic (exact) mass is 434 g/mol. The first-order chi connectivity index (χ1) is 14.2. The Morgan fingerprint density at radius 3 is 2.43 bits per heavy atom. The van der Waals surface area contributed by atoms with Crippen molar-refractivity contribution < 1.29 is 27.5 Å². The van der Waals surface area contributed by atoms with E-state index in [1.165, 1.54) is 35.6 Å². The van der Waals surface area contributed by atoms with Crippen molar-refractivity contribution in [2.24, 2.45) is 0 Å². The molecular weight excluding hydrogens is 408 g/mol. The summed E-state index contributed by atoms with van der Waals surface area (Å²) in [6, 6.07) is 14.5. The van der Waals surface area contributed by atoms with Crippen LogP contribution in [0, 0.1) is 0 Å². The molecule has 0 aromatic heterocycles. The minimum Gasteiger partial charge on any atom is -0.492 e. The number of benzene rings is 2. The summed E-state index contributed by atoms with van der Waals surface area (Å²) in [7, 11) is -2.26. The number of carbonyl (C=O) groups excluding carboxylic acids is 2. The molecule has 2 aromatic rings. The van der Waals surface area contributed by atoms with Gasteiger partial charge < -0.3 is 14.8 Å². The van der Waals surface area contributed by atoms with Gasteiger partial charge in [0.15, 0.2) is 6.61 Å². The summed E-state index contributed by atoms with van der Waals surface area (Å²) in [5.74, 6) is -0.575. The van der Waals surface area contributed by atoms with E-state index in [9.17, 15) is 18.0 Å². The molecule has 9 heteroatoms. The van der Waals surface area contributed by atoms with E-state index in [-0.39, 0.29) is 29.7 Å². The topological polar surface area (TPSA) is 102 Å². The van der Waals surface area contributed by atoms with Crippen LogP contribution in [-0.4, -0.2) is 57.4 Å². The van der Waals surface area contributed by atoms with Gasteiger partial charge in [0, 0.05) is 13.1 Å². The number of hydrogen-bond donors (Lipinski definition) is 1. The zero-order chi connectivity index (χ0) is 22.1. The van der Waals surface area contributed by atoms with E-state index in [4.69, 9.17) is 9.47 Å². The van der Waals surface area contributed by atoms with Gasteiger partial charge in [-0.2, -0.15) is 4.31 Å². The van der Waals surface area contributed by atoms with Crippen LogP contribution in [0.15, 0.2) is 59.5 Å². The second kappa shape index (κ2) is 10.7. The predicted molar refractivity (Wildman–Crippen MR) is 112 cm³/mol. The van der Waals surface area contributed by atoms with Crippen LogP contribution in [0.1, 0.15) is 24.2 Å². The number of esters is 1. The lowest BCUT2D eigenvalue weighted by Crippen LogP contribution is -2.33. The maximum Gasteiger partial charge on any atom is 0.338 e. The molecule has 8 nitrogen and oxygen atoms in total. The Bertz CT molecular complexity index is 960. The number of nitrogens with one attached hydrogen (secondary N) is 1. The molecule has 1 N–H and O–H groups in total. The Labute approximate surface area is 176 Å². The fraction of sp³-hybridized carbons (Fsp3) is 0.333. The van der Waals surface area contributed by atoms with Gasteiger partial charge in [-0.3, -0.25) is 4.79 Å². The Balaban J connectivity index is 1.84. The van der Waals surface area contributed by atoms with Crippen LogP contribution < -0.4 is 10.1 Å². The lowest BCUT2D eigenvalue weighted by Gasteiger charge is -2.21. The molecule has 2 aromatic carbocycles. The van der Waals surface area contributed by atoms with Gasteiger partial charge in [-0.15, -0.1) is 0 Å². The molecule has 0 aliphatic heterocycles. The maximum absolute atomic E-state index is 12.6. The average molecular weight is 435 g/mol. The van der Waals surface area contributed by atoms with Gasteiger partial charge >= 0.3 is 5.97 Å². The van der Waals surface area contributed by atoms with E-state index < -0.39 is 28.5 Å². The molecule has 0 atom stereocenters. The SMILES string of the molecule is CC(C)N(C)S(=O)(=O)c1cccc(C(=O)OCC(=O)NCCOc2ccccc2)c1. The number of carbonyl (C=O) groups is 2. The molecule has 162 valence electrons. The van der Waals surface area contributed by atoms with Gasteiger partial charge in [-0.05, 0) is 44.2 Å². The highest BCUT2D eigenvalue weighted by molar-refractivity contribution is 7.89. The Morgan fingerprint density at radius 1 is 1.07 bits per heavy atom. The molecule has 0 unspecified atom stereocenters. The third-order valence-electron chi connectivity index (χ3n) is 4.24. The number of nitrogens with zero attached hydrogens (tertiary/aromatic N) is 1. The molecule has 30 heavy (non-hydrogen) atoms. The smallest absolute Gasteiger partial charge is 0.338 e. The van der Waals surface area contributed by atoms with Crippen molar-refractivity contribution in [1.29, 1.82) is 0 Å². The molecular formula is C21H26N2O6S. The molecule has 0 saturated carbocycles. The van der Waals surface area contributed by atoms with Gasteiger partial charge in [-0.25, -0.2) is 13.2 Å². The van der Waals surface area contributed by atoms with Crippen molar-refractivity contribution in [2.75, 3.05) is 26.8 Å². The van der Waals surface area contributed by atoms with Gasteiger partial charge in [0.1, 0.15) is 12.4 Å². The highest BCUT2D eigenvalue weighted by Crippen LogP contribution is 2.18. The van der Waals surface area contributed by atoms with Crippen molar-refractivity contribution in [3.63, 3.8) is 0 Å².